The van der Waals surface area contributed by atoms with Crippen molar-refractivity contribution in [1.29, 1.82) is 0 Å². The molecule has 0 atom stereocenters. The summed E-state index contributed by atoms with van der Waals surface area (Å²) in [4.78, 5) is 13.2. The van der Waals surface area contributed by atoms with Crippen LogP contribution in [0.2, 0.25) is 0 Å². The number of benzene rings is 2. The summed E-state index contributed by atoms with van der Waals surface area (Å²) in [6.07, 6.45) is 0.621. The van der Waals surface area contributed by atoms with E-state index in [-0.39, 0.29) is 11.9 Å². The lowest BCUT2D eigenvalue weighted by Crippen LogP contribution is -2.39. The molecular formula is C20H21FN4O2. The largest absolute Gasteiger partial charge is 0.446 e. The minimum atomic E-state index is -0.718. The fourth-order valence-electron chi connectivity index (χ4n) is 3.76. The zero-order chi connectivity index (χ0) is 19.0. The molecule has 2 aromatic carbocycles. The maximum atomic E-state index is 13.5. The molecule has 140 valence electrons. The second-order valence-corrected chi connectivity index (χ2v) is 6.81. The lowest BCUT2D eigenvalue weighted by atomic mass is 10.0. The average Bonchev–Trinajstić information content (AvgIpc) is 2.97. The third kappa shape index (κ3) is 3.45. The van der Waals surface area contributed by atoms with Crippen LogP contribution in [-0.4, -0.2) is 35.1 Å². The Morgan fingerprint density at radius 1 is 1.19 bits per heavy atom. The Bertz CT molecular complexity index is 993. The van der Waals surface area contributed by atoms with Gasteiger partial charge in [0.15, 0.2) is 0 Å². The van der Waals surface area contributed by atoms with Gasteiger partial charge in [0.2, 0.25) is 0 Å². The standard InChI is InChI=1S/C20H21FN4O2/c1-24-19(25-9-7-16(8-10-25)27-20(22)26)17-6-5-14(12-18(17)23-24)13-3-2-4-15(21)11-13/h2-6,11-12,16H,7-10H2,1H3,(H2,22,26). The summed E-state index contributed by atoms with van der Waals surface area (Å²) in [5, 5.41) is 5.69. The predicted octanol–water partition coefficient (Wildman–Crippen LogP) is 3.44. The number of nitrogens with zero attached hydrogens (tertiary/aromatic N) is 3. The minimum absolute atomic E-state index is 0.127. The van der Waals surface area contributed by atoms with Crippen LogP contribution in [0.15, 0.2) is 42.5 Å². The van der Waals surface area contributed by atoms with Crippen molar-refractivity contribution in [2.75, 3.05) is 18.0 Å². The van der Waals surface area contributed by atoms with Gasteiger partial charge in [-0.2, -0.15) is 5.10 Å². The number of anilines is 1. The third-order valence-electron chi connectivity index (χ3n) is 4.99. The normalized spacial score (nSPS) is 15.3. The molecule has 1 saturated heterocycles. The molecule has 4 rings (SSSR count). The van der Waals surface area contributed by atoms with Crippen LogP contribution in [0.1, 0.15) is 12.8 Å². The number of fused-ring (bicyclic) bond motifs is 1. The van der Waals surface area contributed by atoms with Crippen LogP contribution in [0.3, 0.4) is 0 Å². The number of nitrogens with two attached hydrogens (primary N) is 1. The number of piperidine rings is 1. The summed E-state index contributed by atoms with van der Waals surface area (Å²) in [6, 6.07) is 12.6. The smallest absolute Gasteiger partial charge is 0.404 e. The number of primary amides is 1. The monoisotopic (exact) mass is 368 g/mol. The Hall–Kier alpha value is -3.09. The van der Waals surface area contributed by atoms with Crippen molar-refractivity contribution < 1.29 is 13.9 Å². The summed E-state index contributed by atoms with van der Waals surface area (Å²) in [5.41, 5.74) is 7.73. The van der Waals surface area contributed by atoms with Crippen molar-refractivity contribution in [1.82, 2.24) is 9.78 Å². The minimum Gasteiger partial charge on any atom is -0.446 e. The molecule has 2 N–H and O–H groups in total. The van der Waals surface area contributed by atoms with Gasteiger partial charge in [-0.15, -0.1) is 0 Å². The number of carbonyl (C=O) groups excluding carboxylic acids is 1. The van der Waals surface area contributed by atoms with E-state index in [4.69, 9.17) is 10.5 Å². The molecule has 2 heterocycles. The van der Waals surface area contributed by atoms with E-state index in [1.54, 1.807) is 6.07 Å². The Morgan fingerprint density at radius 2 is 1.93 bits per heavy atom. The van der Waals surface area contributed by atoms with Crippen molar-refractivity contribution in [3.63, 3.8) is 0 Å². The van der Waals surface area contributed by atoms with Gasteiger partial charge in [0.25, 0.3) is 0 Å². The first-order valence-corrected chi connectivity index (χ1v) is 8.95. The van der Waals surface area contributed by atoms with Gasteiger partial charge in [0.05, 0.1) is 5.52 Å². The van der Waals surface area contributed by atoms with E-state index < -0.39 is 6.09 Å². The highest BCUT2D eigenvalue weighted by Crippen LogP contribution is 2.32. The van der Waals surface area contributed by atoms with Gasteiger partial charge in [0.1, 0.15) is 17.7 Å². The summed E-state index contributed by atoms with van der Waals surface area (Å²) in [6.45, 7) is 1.52. The summed E-state index contributed by atoms with van der Waals surface area (Å²) in [7, 11) is 1.92. The summed E-state index contributed by atoms with van der Waals surface area (Å²) < 4.78 is 20.5. The van der Waals surface area contributed by atoms with Gasteiger partial charge in [-0.05, 0) is 35.4 Å². The molecule has 0 spiro atoms. The first-order chi connectivity index (χ1) is 13.0. The Labute approximate surface area is 156 Å². The fourth-order valence-corrected chi connectivity index (χ4v) is 3.76. The molecule has 1 aromatic heterocycles. The first kappa shape index (κ1) is 17.3. The zero-order valence-corrected chi connectivity index (χ0v) is 15.1. The van der Waals surface area contributed by atoms with E-state index in [1.807, 2.05) is 36.0 Å². The molecule has 1 aliphatic heterocycles. The van der Waals surface area contributed by atoms with E-state index in [2.05, 4.69) is 10.00 Å². The highest BCUT2D eigenvalue weighted by molar-refractivity contribution is 5.93. The van der Waals surface area contributed by atoms with Gasteiger partial charge in [-0.25, -0.2) is 9.18 Å². The van der Waals surface area contributed by atoms with Crippen molar-refractivity contribution in [3.05, 3.63) is 48.3 Å². The number of carbonyl (C=O) groups is 1. The highest BCUT2D eigenvalue weighted by atomic mass is 19.1. The molecule has 0 unspecified atom stereocenters. The second-order valence-electron chi connectivity index (χ2n) is 6.81. The number of amides is 1. The lowest BCUT2D eigenvalue weighted by molar-refractivity contribution is 0.0911. The number of hydrogen-bond acceptors (Lipinski definition) is 4. The van der Waals surface area contributed by atoms with Crippen molar-refractivity contribution in [2.45, 2.75) is 18.9 Å². The number of ether oxygens (including phenoxy) is 1. The van der Waals surface area contributed by atoms with E-state index in [0.29, 0.717) is 0 Å². The molecule has 1 amide bonds. The topological polar surface area (TPSA) is 73.4 Å². The molecule has 6 nitrogen and oxygen atoms in total. The van der Waals surface area contributed by atoms with Crippen LogP contribution in [0, 0.1) is 5.82 Å². The van der Waals surface area contributed by atoms with Crippen LogP contribution in [0.25, 0.3) is 22.0 Å². The molecule has 0 bridgehead atoms. The van der Waals surface area contributed by atoms with E-state index >= 15 is 0 Å². The number of halogens is 1. The molecule has 0 aliphatic carbocycles. The number of aryl methyl sites for hydroxylation is 1. The van der Waals surface area contributed by atoms with E-state index in [0.717, 1.165) is 53.8 Å². The SMILES string of the molecule is Cn1nc2cc(-c3cccc(F)c3)ccc2c1N1CCC(OC(N)=O)CC1. The molecule has 3 aromatic rings. The van der Waals surface area contributed by atoms with Crippen LogP contribution in [0.4, 0.5) is 15.0 Å². The average molecular weight is 368 g/mol. The van der Waals surface area contributed by atoms with E-state index in [9.17, 15) is 9.18 Å². The van der Waals surface area contributed by atoms with Gasteiger partial charge < -0.3 is 15.4 Å². The summed E-state index contributed by atoms with van der Waals surface area (Å²) >= 11 is 0. The first-order valence-electron chi connectivity index (χ1n) is 8.95. The predicted molar refractivity (Wildman–Crippen MR) is 102 cm³/mol. The lowest BCUT2D eigenvalue weighted by Gasteiger charge is -2.32. The number of rotatable bonds is 3. The van der Waals surface area contributed by atoms with Crippen LogP contribution in [0.5, 0.6) is 0 Å². The van der Waals surface area contributed by atoms with Crippen LogP contribution in [-0.2, 0) is 11.8 Å². The molecule has 0 radical (unpaired) electrons. The molecule has 27 heavy (non-hydrogen) atoms. The van der Waals surface area contributed by atoms with Gasteiger partial charge in [0, 0.05) is 38.4 Å². The molecule has 1 aliphatic rings. The van der Waals surface area contributed by atoms with E-state index in [1.165, 1.54) is 12.1 Å². The highest BCUT2D eigenvalue weighted by Gasteiger charge is 2.25. The Kier molecular flexibility index (Phi) is 4.43. The van der Waals surface area contributed by atoms with Gasteiger partial charge in [-0.3, -0.25) is 4.68 Å². The number of aromatic nitrogens is 2. The van der Waals surface area contributed by atoms with Gasteiger partial charge in [-0.1, -0.05) is 18.2 Å². The Morgan fingerprint density at radius 3 is 2.63 bits per heavy atom. The number of hydrogen-bond donors (Lipinski definition) is 1. The maximum Gasteiger partial charge on any atom is 0.404 e. The van der Waals surface area contributed by atoms with Crippen molar-refractivity contribution in [3.8, 4) is 11.1 Å². The quantitative estimate of drug-likeness (QED) is 0.769. The molecular weight excluding hydrogens is 347 g/mol. The Balaban J connectivity index is 1.61. The maximum absolute atomic E-state index is 13.5. The molecule has 7 heteroatoms. The fraction of sp³-hybridized carbons (Fsp3) is 0.300. The van der Waals surface area contributed by atoms with Crippen molar-refractivity contribution >= 4 is 22.8 Å². The van der Waals surface area contributed by atoms with Gasteiger partial charge >= 0.3 is 6.09 Å². The van der Waals surface area contributed by atoms with Crippen LogP contribution < -0.4 is 10.6 Å². The second kappa shape index (κ2) is 6.90. The van der Waals surface area contributed by atoms with Crippen molar-refractivity contribution in [2.24, 2.45) is 12.8 Å². The zero-order valence-electron chi connectivity index (χ0n) is 15.1. The third-order valence-corrected chi connectivity index (χ3v) is 4.99. The summed E-state index contributed by atoms with van der Waals surface area (Å²) in [5.74, 6) is 0.781. The molecule has 1 fully saturated rings. The molecule has 0 saturated carbocycles. The van der Waals surface area contributed by atoms with Crippen LogP contribution >= 0.6 is 0 Å².